The monoisotopic (exact) mass is 319 g/mol. The topological polar surface area (TPSA) is 55.8 Å². The van der Waals surface area contributed by atoms with Gasteiger partial charge in [-0.25, -0.2) is 4.79 Å². The van der Waals surface area contributed by atoms with Gasteiger partial charge in [-0.1, -0.05) is 0 Å². The number of rotatable bonds is 4. The summed E-state index contributed by atoms with van der Waals surface area (Å²) in [6, 6.07) is 6.24. The molecule has 128 valence electrons. The number of amides is 2. The van der Waals surface area contributed by atoms with Crippen molar-refractivity contribution in [2.45, 2.75) is 38.6 Å². The van der Waals surface area contributed by atoms with Crippen LogP contribution < -0.4 is 10.2 Å². The molecule has 1 aliphatic rings. The highest BCUT2D eigenvalue weighted by molar-refractivity contribution is 5.90. The lowest BCUT2D eigenvalue weighted by molar-refractivity contribution is 0.139. The Balaban J connectivity index is 1.96. The van der Waals surface area contributed by atoms with E-state index in [9.17, 15) is 9.90 Å². The Labute approximate surface area is 139 Å². The molecule has 0 radical (unpaired) electrons. The van der Waals surface area contributed by atoms with Crippen LogP contribution in [0.15, 0.2) is 18.2 Å². The number of hydrogen-bond donors (Lipinski definition) is 2. The minimum Gasteiger partial charge on any atom is -0.396 e. The molecule has 0 unspecified atom stereocenters. The largest absolute Gasteiger partial charge is 0.396 e. The Kier molecular flexibility index (Phi) is 5.88. The van der Waals surface area contributed by atoms with Crippen molar-refractivity contribution in [3.05, 3.63) is 23.8 Å². The molecule has 0 saturated heterocycles. The van der Waals surface area contributed by atoms with E-state index in [1.807, 2.05) is 50.0 Å². The quantitative estimate of drug-likeness (QED) is 0.897. The second-order valence-corrected chi connectivity index (χ2v) is 6.79. The van der Waals surface area contributed by atoms with Gasteiger partial charge in [-0.3, -0.25) is 0 Å². The highest BCUT2D eigenvalue weighted by atomic mass is 16.3. The zero-order valence-corrected chi connectivity index (χ0v) is 14.7. The van der Waals surface area contributed by atoms with Gasteiger partial charge in [0.2, 0.25) is 0 Å². The number of nitrogens with zero attached hydrogens (tertiary/aromatic N) is 2. The van der Waals surface area contributed by atoms with Crippen molar-refractivity contribution in [1.29, 1.82) is 0 Å². The lowest BCUT2D eigenvalue weighted by Gasteiger charge is -2.34. The fourth-order valence-electron chi connectivity index (χ4n) is 3.15. The zero-order valence-electron chi connectivity index (χ0n) is 14.7. The van der Waals surface area contributed by atoms with Crippen molar-refractivity contribution < 1.29 is 9.90 Å². The van der Waals surface area contributed by atoms with Gasteiger partial charge >= 0.3 is 6.03 Å². The van der Waals surface area contributed by atoms with Crippen LogP contribution in [0, 0.1) is 12.8 Å². The van der Waals surface area contributed by atoms with E-state index in [4.69, 9.17) is 0 Å². The Morgan fingerprint density at radius 3 is 2.39 bits per heavy atom. The standard InChI is InChI=1S/C18H29N3O2/c1-13-11-16(20(2)3)9-10-17(13)19-18(23)21(4)15-7-5-14(12-22)6-8-15/h9-11,14-15,22H,5-8,12H2,1-4H3,(H,19,23). The first-order valence-electron chi connectivity index (χ1n) is 8.35. The van der Waals surface area contributed by atoms with Crippen LogP contribution in [0.5, 0.6) is 0 Å². The van der Waals surface area contributed by atoms with Crippen molar-refractivity contribution in [1.82, 2.24) is 4.90 Å². The van der Waals surface area contributed by atoms with Crippen molar-refractivity contribution in [3.63, 3.8) is 0 Å². The second kappa shape index (κ2) is 7.68. The molecule has 2 N–H and O–H groups in total. The summed E-state index contributed by atoms with van der Waals surface area (Å²) in [5.41, 5.74) is 3.04. The van der Waals surface area contributed by atoms with Gasteiger partial charge in [-0.15, -0.1) is 0 Å². The average Bonchev–Trinajstić information content (AvgIpc) is 2.55. The van der Waals surface area contributed by atoms with Crippen LogP contribution in [-0.4, -0.2) is 49.8 Å². The fourth-order valence-corrected chi connectivity index (χ4v) is 3.15. The summed E-state index contributed by atoms with van der Waals surface area (Å²) in [7, 11) is 5.87. The van der Waals surface area contributed by atoms with Crippen molar-refractivity contribution in [2.75, 3.05) is 38.0 Å². The number of aliphatic hydroxyl groups excluding tert-OH is 1. The molecule has 0 spiro atoms. The number of benzene rings is 1. The van der Waals surface area contributed by atoms with Crippen LogP contribution in [0.4, 0.5) is 16.2 Å². The number of carbonyl (C=O) groups excluding carboxylic acids is 1. The molecule has 23 heavy (non-hydrogen) atoms. The summed E-state index contributed by atoms with van der Waals surface area (Å²) in [4.78, 5) is 16.3. The van der Waals surface area contributed by atoms with Crippen LogP contribution >= 0.6 is 0 Å². The molecule has 0 aromatic heterocycles. The third-order valence-corrected chi connectivity index (χ3v) is 4.91. The molecule has 1 fully saturated rings. The Morgan fingerprint density at radius 2 is 1.87 bits per heavy atom. The molecule has 2 rings (SSSR count). The van der Waals surface area contributed by atoms with Gasteiger partial charge < -0.3 is 20.2 Å². The molecule has 1 aromatic carbocycles. The molecule has 0 aliphatic heterocycles. The molecule has 1 saturated carbocycles. The van der Waals surface area contributed by atoms with E-state index < -0.39 is 0 Å². The maximum atomic E-state index is 12.5. The molecule has 0 heterocycles. The van der Waals surface area contributed by atoms with E-state index in [1.54, 1.807) is 0 Å². The highest BCUT2D eigenvalue weighted by Gasteiger charge is 2.26. The summed E-state index contributed by atoms with van der Waals surface area (Å²) in [6.45, 7) is 2.27. The number of aliphatic hydroxyl groups is 1. The van der Waals surface area contributed by atoms with E-state index in [0.29, 0.717) is 5.92 Å². The Hall–Kier alpha value is -1.75. The first-order valence-corrected chi connectivity index (χ1v) is 8.35. The summed E-state index contributed by atoms with van der Waals surface area (Å²) >= 11 is 0. The summed E-state index contributed by atoms with van der Waals surface area (Å²) < 4.78 is 0. The highest BCUT2D eigenvalue weighted by Crippen LogP contribution is 2.27. The van der Waals surface area contributed by atoms with Crippen molar-refractivity contribution in [3.8, 4) is 0 Å². The Bertz CT molecular complexity index is 537. The second-order valence-electron chi connectivity index (χ2n) is 6.79. The smallest absolute Gasteiger partial charge is 0.321 e. The van der Waals surface area contributed by atoms with E-state index in [0.717, 1.165) is 42.6 Å². The normalized spacial score (nSPS) is 20.9. The van der Waals surface area contributed by atoms with Gasteiger partial charge in [-0.05, 0) is 62.3 Å². The number of nitrogens with one attached hydrogen (secondary N) is 1. The molecular weight excluding hydrogens is 290 g/mol. The van der Waals surface area contributed by atoms with Crippen LogP contribution in [0.3, 0.4) is 0 Å². The van der Waals surface area contributed by atoms with E-state index >= 15 is 0 Å². The van der Waals surface area contributed by atoms with Gasteiger partial charge in [0.1, 0.15) is 0 Å². The molecule has 0 atom stereocenters. The molecule has 1 aliphatic carbocycles. The van der Waals surface area contributed by atoms with Gasteiger partial charge in [0.15, 0.2) is 0 Å². The minimum absolute atomic E-state index is 0.0573. The molecule has 0 bridgehead atoms. The third-order valence-electron chi connectivity index (χ3n) is 4.91. The lowest BCUT2D eigenvalue weighted by atomic mass is 9.86. The first kappa shape index (κ1) is 17.6. The number of hydrogen-bond acceptors (Lipinski definition) is 3. The Morgan fingerprint density at radius 1 is 1.22 bits per heavy atom. The number of anilines is 2. The number of urea groups is 1. The number of carbonyl (C=O) groups is 1. The van der Waals surface area contributed by atoms with E-state index in [-0.39, 0.29) is 18.7 Å². The molecular formula is C18H29N3O2. The SMILES string of the molecule is Cc1cc(N(C)C)ccc1NC(=O)N(C)C1CCC(CO)CC1. The minimum atomic E-state index is -0.0573. The third kappa shape index (κ3) is 4.38. The fraction of sp³-hybridized carbons (Fsp3) is 0.611. The first-order chi connectivity index (χ1) is 10.9. The zero-order chi connectivity index (χ0) is 17.0. The van der Waals surface area contributed by atoms with Crippen LogP contribution in [0.1, 0.15) is 31.2 Å². The number of aryl methyl sites for hydroxylation is 1. The van der Waals surface area contributed by atoms with E-state index in [1.165, 1.54) is 0 Å². The molecule has 2 amide bonds. The van der Waals surface area contributed by atoms with Gasteiger partial charge in [0.25, 0.3) is 0 Å². The van der Waals surface area contributed by atoms with Crippen LogP contribution in [0.2, 0.25) is 0 Å². The average molecular weight is 319 g/mol. The van der Waals surface area contributed by atoms with Gasteiger partial charge in [0, 0.05) is 45.2 Å². The predicted octanol–water partition coefficient (Wildman–Crippen LogP) is 3.08. The van der Waals surface area contributed by atoms with E-state index in [2.05, 4.69) is 11.4 Å². The maximum absolute atomic E-state index is 12.5. The summed E-state index contributed by atoms with van der Waals surface area (Å²) in [5.74, 6) is 0.406. The predicted molar refractivity (Wildman–Crippen MR) is 95.1 cm³/mol. The maximum Gasteiger partial charge on any atom is 0.321 e. The molecule has 1 aromatic rings. The van der Waals surface area contributed by atoms with Gasteiger partial charge in [0.05, 0.1) is 0 Å². The summed E-state index contributed by atoms with van der Waals surface area (Å²) in [5, 5.41) is 12.2. The van der Waals surface area contributed by atoms with Crippen molar-refractivity contribution in [2.24, 2.45) is 5.92 Å². The van der Waals surface area contributed by atoms with Crippen LogP contribution in [-0.2, 0) is 0 Å². The van der Waals surface area contributed by atoms with Crippen LogP contribution in [0.25, 0.3) is 0 Å². The lowest BCUT2D eigenvalue weighted by Crippen LogP contribution is -2.42. The molecule has 5 heteroatoms. The summed E-state index contributed by atoms with van der Waals surface area (Å²) in [6.07, 6.45) is 3.92. The van der Waals surface area contributed by atoms with Crippen molar-refractivity contribution >= 4 is 17.4 Å². The van der Waals surface area contributed by atoms with Gasteiger partial charge in [-0.2, -0.15) is 0 Å². The molecule has 5 nitrogen and oxygen atoms in total.